The minimum absolute atomic E-state index is 0.105. The zero-order valence-corrected chi connectivity index (χ0v) is 11.7. The molecule has 2 N–H and O–H groups in total. The van der Waals surface area contributed by atoms with Crippen molar-refractivity contribution in [2.45, 2.75) is 38.8 Å². The van der Waals surface area contributed by atoms with Crippen LogP contribution in [-0.2, 0) is 4.79 Å². The molecule has 0 heterocycles. The molecule has 0 aliphatic rings. The lowest BCUT2D eigenvalue weighted by atomic mass is 10.2. The minimum atomic E-state index is -0.994. The molecule has 6 heteroatoms. The first-order chi connectivity index (χ1) is 7.93. The first-order valence-electron chi connectivity index (χ1n) is 5.69. The van der Waals surface area contributed by atoms with E-state index in [0.29, 0.717) is 6.42 Å². The van der Waals surface area contributed by atoms with Crippen molar-refractivity contribution >= 4 is 23.8 Å². The standard InChI is InChI=1S/C11H22N2O3S/c1-5-9(10(14)15)12-11(16)13(3)8(2)6-7-17-4/h8-9H,5-7H2,1-4H3,(H,12,16)(H,14,15)/t8?,9-/m0/s1. The van der Waals surface area contributed by atoms with Crippen LogP contribution in [-0.4, -0.2) is 53.1 Å². The van der Waals surface area contributed by atoms with Gasteiger partial charge in [-0.25, -0.2) is 9.59 Å². The van der Waals surface area contributed by atoms with Crippen LogP contribution in [0.15, 0.2) is 0 Å². The molecule has 0 fully saturated rings. The Morgan fingerprint density at radius 2 is 2.06 bits per heavy atom. The van der Waals surface area contributed by atoms with Crippen molar-refractivity contribution in [1.29, 1.82) is 0 Å². The summed E-state index contributed by atoms with van der Waals surface area (Å²) in [5.41, 5.74) is 0. The lowest BCUT2D eigenvalue weighted by molar-refractivity contribution is -0.139. The summed E-state index contributed by atoms with van der Waals surface area (Å²) in [7, 11) is 1.69. The molecule has 100 valence electrons. The number of nitrogens with zero attached hydrogens (tertiary/aromatic N) is 1. The molecule has 1 unspecified atom stereocenters. The second-order valence-corrected chi connectivity index (χ2v) is 4.98. The van der Waals surface area contributed by atoms with E-state index in [1.54, 1.807) is 30.6 Å². The average Bonchev–Trinajstić information content (AvgIpc) is 2.30. The molecule has 2 amide bonds. The van der Waals surface area contributed by atoms with Crippen molar-refractivity contribution in [2.24, 2.45) is 0 Å². The Balaban J connectivity index is 4.24. The van der Waals surface area contributed by atoms with Gasteiger partial charge < -0.3 is 15.3 Å². The van der Waals surface area contributed by atoms with E-state index in [1.165, 1.54) is 0 Å². The SMILES string of the molecule is CC[C@H](NC(=O)N(C)C(C)CCSC)C(=O)O. The highest BCUT2D eigenvalue weighted by atomic mass is 32.2. The van der Waals surface area contributed by atoms with Gasteiger partial charge >= 0.3 is 12.0 Å². The number of thioether (sulfide) groups is 1. The third-order valence-corrected chi connectivity index (χ3v) is 3.37. The lowest BCUT2D eigenvalue weighted by Crippen LogP contribution is -2.49. The zero-order valence-electron chi connectivity index (χ0n) is 10.9. The van der Waals surface area contributed by atoms with Crippen molar-refractivity contribution in [2.75, 3.05) is 19.1 Å². The predicted molar refractivity (Wildman–Crippen MR) is 70.5 cm³/mol. The van der Waals surface area contributed by atoms with Crippen LogP contribution >= 0.6 is 11.8 Å². The number of amides is 2. The van der Waals surface area contributed by atoms with Crippen LogP contribution in [0.1, 0.15) is 26.7 Å². The smallest absolute Gasteiger partial charge is 0.326 e. The van der Waals surface area contributed by atoms with Crippen molar-refractivity contribution in [3.8, 4) is 0 Å². The normalized spacial score (nSPS) is 13.9. The molecule has 0 rings (SSSR count). The van der Waals surface area contributed by atoms with E-state index in [-0.39, 0.29) is 12.1 Å². The van der Waals surface area contributed by atoms with Gasteiger partial charge in [0.15, 0.2) is 0 Å². The topological polar surface area (TPSA) is 69.6 Å². The van der Waals surface area contributed by atoms with Crippen molar-refractivity contribution in [1.82, 2.24) is 10.2 Å². The van der Waals surface area contributed by atoms with Crippen LogP contribution in [0.5, 0.6) is 0 Å². The number of hydrogen-bond acceptors (Lipinski definition) is 3. The molecule has 0 aliphatic heterocycles. The fraction of sp³-hybridized carbons (Fsp3) is 0.818. The minimum Gasteiger partial charge on any atom is -0.480 e. The Bertz CT molecular complexity index is 261. The molecule has 0 aromatic rings. The van der Waals surface area contributed by atoms with E-state index in [4.69, 9.17) is 5.11 Å². The van der Waals surface area contributed by atoms with Crippen LogP contribution in [0, 0.1) is 0 Å². The Kier molecular flexibility index (Phi) is 7.78. The molecule has 0 aromatic carbocycles. The number of aliphatic carboxylic acids is 1. The van der Waals surface area contributed by atoms with Gasteiger partial charge in [-0.2, -0.15) is 11.8 Å². The number of urea groups is 1. The first-order valence-corrected chi connectivity index (χ1v) is 7.08. The number of carbonyl (C=O) groups excluding carboxylic acids is 1. The van der Waals surface area contributed by atoms with Gasteiger partial charge in [-0.1, -0.05) is 6.92 Å². The largest absolute Gasteiger partial charge is 0.480 e. The number of hydrogen-bond donors (Lipinski definition) is 2. The van der Waals surface area contributed by atoms with Crippen LogP contribution in [0.4, 0.5) is 4.79 Å². The molecule has 5 nitrogen and oxygen atoms in total. The molecule has 0 spiro atoms. The quantitative estimate of drug-likeness (QED) is 0.731. The van der Waals surface area contributed by atoms with Gasteiger partial charge in [0.2, 0.25) is 0 Å². The molecular formula is C11H22N2O3S. The maximum absolute atomic E-state index is 11.8. The maximum atomic E-state index is 11.8. The van der Waals surface area contributed by atoms with Gasteiger partial charge in [-0.15, -0.1) is 0 Å². The Morgan fingerprint density at radius 3 is 2.47 bits per heavy atom. The summed E-state index contributed by atoms with van der Waals surface area (Å²) in [6, 6.07) is -1.03. The zero-order chi connectivity index (χ0) is 13.4. The van der Waals surface area contributed by atoms with Crippen molar-refractivity contribution in [3.05, 3.63) is 0 Å². The van der Waals surface area contributed by atoms with Crippen LogP contribution in [0.25, 0.3) is 0 Å². The van der Waals surface area contributed by atoms with E-state index < -0.39 is 12.0 Å². The molecule has 0 bridgehead atoms. The summed E-state index contributed by atoms with van der Waals surface area (Å²) in [6.07, 6.45) is 3.30. The predicted octanol–water partition coefficient (Wildman–Crippen LogP) is 1.63. The first kappa shape index (κ1) is 16.1. The number of carboxylic acid groups (broad SMARTS) is 1. The molecule has 0 saturated heterocycles. The van der Waals surface area contributed by atoms with E-state index in [9.17, 15) is 9.59 Å². The molecule has 2 atom stereocenters. The summed E-state index contributed by atoms with van der Waals surface area (Å²) in [6.45, 7) is 3.69. The van der Waals surface area contributed by atoms with E-state index >= 15 is 0 Å². The van der Waals surface area contributed by atoms with Crippen LogP contribution < -0.4 is 5.32 Å². The summed E-state index contributed by atoms with van der Waals surface area (Å²) in [4.78, 5) is 24.1. The van der Waals surface area contributed by atoms with Gasteiger partial charge in [-0.05, 0) is 31.8 Å². The van der Waals surface area contributed by atoms with Crippen molar-refractivity contribution < 1.29 is 14.7 Å². The summed E-state index contributed by atoms with van der Waals surface area (Å²) in [5, 5.41) is 11.4. The highest BCUT2D eigenvalue weighted by Gasteiger charge is 2.21. The Labute approximate surface area is 107 Å². The third kappa shape index (κ3) is 5.81. The average molecular weight is 262 g/mol. The second kappa shape index (κ2) is 8.22. The van der Waals surface area contributed by atoms with Crippen LogP contribution in [0.2, 0.25) is 0 Å². The number of nitrogens with one attached hydrogen (secondary N) is 1. The van der Waals surface area contributed by atoms with Gasteiger partial charge in [0.25, 0.3) is 0 Å². The van der Waals surface area contributed by atoms with E-state index in [2.05, 4.69) is 5.32 Å². The molecule has 0 saturated carbocycles. The molecule has 0 radical (unpaired) electrons. The summed E-state index contributed by atoms with van der Waals surface area (Å²) >= 11 is 1.73. The molecule has 17 heavy (non-hydrogen) atoms. The second-order valence-electron chi connectivity index (χ2n) is 3.99. The van der Waals surface area contributed by atoms with Crippen LogP contribution in [0.3, 0.4) is 0 Å². The number of carbonyl (C=O) groups is 2. The highest BCUT2D eigenvalue weighted by Crippen LogP contribution is 2.06. The number of rotatable bonds is 7. The van der Waals surface area contributed by atoms with E-state index in [0.717, 1.165) is 12.2 Å². The summed E-state index contributed by atoms with van der Waals surface area (Å²) in [5.74, 6) is -0.0134. The van der Waals surface area contributed by atoms with Gasteiger partial charge in [0.1, 0.15) is 6.04 Å². The Hall–Kier alpha value is -0.910. The highest BCUT2D eigenvalue weighted by molar-refractivity contribution is 7.98. The lowest BCUT2D eigenvalue weighted by Gasteiger charge is -2.26. The van der Waals surface area contributed by atoms with E-state index in [1.807, 2.05) is 13.2 Å². The molecule has 0 aromatic heterocycles. The van der Waals surface area contributed by atoms with Crippen molar-refractivity contribution in [3.63, 3.8) is 0 Å². The monoisotopic (exact) mass is 262 g/mol. The van der Waals surface area contributed by atoms with Gasteiger partial charge in [-0.3, -0.25) is 0 Å². The van der Waals surface area contributed by atoms with Gasteiger partial charge in [0, 0.05) is 13.1 Å². The maximum Gasteiger partial charge on any atom is 0.326 e. The number of carboxylic acids is 1. The fourth-order valence-corrected chi connectivity index (χ4v) is 1.85. The Morgan fingerprint density at radius 1 is 1.47 bits per heavy atom. The third-order valence-electron chi connectivity index (χ3n) is 2.73. The molecular weight excluding hydrogens is 240 g/mol. The summed E-state index contributed by atoms with van der Waals surface area (Å²) < 4.78 is 0. The van der Waals surface area contributed by atoms with Gasteiger partial charge in [0.05, 0.1) is 0 Å². The molecule has 0 aliphatic carbocycles. The fourth-order valence-electron chi connectivity index (χ4n) is 1.27.